The van der Waals surface area contributed by atoms with Crippen molar-refractivity contribution in [2.75, 3.05) is 5.32 Å². The molecule has 0 aliphatic heterocycles. The summed E-state index contributed by atoms with van der Waals surface area (Å²) in [7, 11) is 0. The van der Waals surface area contributed by atoms with Crippen LogP contribution in [0, 0.1) is 0 Å². The summed E-state index contributed by atoms with van der Waals surface area (Å²) in [6.07, 6.45) is 7.53. The lowest BCUT2D eigenvalue weighted by Crippen LogP contribution is -2.19. The summed E-state index contributed by atoms with van der Waals surface area (Å²) in [4.78, 5) is 22.2. The van der Waals surface area contributed by atoms with Gasteiger partial charge in [0.05, 0.1) is 30.6 Å². The molecular weight excluding hydrogens is 390 g/mol. The van der Waals surface area contributed by atoms with Crippen molar-refractivity contribution in [1.29, 1.82) is 0 Å². The Bertz CT molecular complexity index is 1030. The lowest BCUT2D eigenvalue weighted by molar-refractivity contribution is -0.115. The van der Waals surface area contributed by atoms with Crippen LogP contribution in [0.25, 0.3) is 11.3 Å². The van der Waals surface area contributed by atoms with Crippen molar-refractivity contribution in [2.24, 2.45) is 0 Å². The van der Waals surface area contributed by atoms with Gasteiger partial charge in [0, 0.05) is 11.5 Å². The van der Waals surface area contributed by atoms with Crippen molar-refractivity contribution in [3.05, 3.63) is 71.5 Å². The summed E-state index contributed by atoms with van der Waals surface area (Å²) in [5.74, 6) is 0.836. The zero-order valence-corrected chi connectivity index (χ0v) is 17.4. The molecule has 2 aromatic carbocycles. The van der Waals surface area contributed by atoms with Crippen LogP contribution in [0.3, 0.4) is 0 Å². The first-order valence-electron chi connectivity index (χ1n) is 10.8. The molecule has 6 nitrogen and oxygen atoms in total. The minimum atomic E-state index is -0.155. The van der Waals surface area contributed by atoms with Gasteiger partial charge in [0.25, 0.3) is 0 Å². The smallest absolute Gasteiger partial charge is 0.229 e. The Morgan fingerprint density at radius 3 is 2.32 bits per heavy atom. The molecule has 0 radical (unpaired) electrons. The van der Waals surface area contributed by atoms with Gasteiger partial charge < -0.3 is 15.5 Å². The van der Waals surface area contributed by atoms with E-state index in [2.05, 4.69) is 10.3 Å². The second-order valence-corrected chi connectivity index (χ2v) is 8.07. The van der Waals surface area contributed by atoms with E-state index in [1.807, 2.05) is 24.3 Å². The van der Waals surface area contributed by atoms with Crippen LogP contribution in [0.15, 0.2) is 54.7 Å². The lowest BCUT2D eigenvalue weighted by Gasteiger charge is -2.23. The maximum atomic E-state index is 12.7. The Hall–Kier alpha value is -3.25. The number of benzene rings is 2. The molecular formula is C25H27N3O3. The maximum Gasteiger partial charge on any atom is 0.229 e. The Labute approximate surface area is 182 Å². The maximum absolute atomic E-state index is 12.7. The fraction of sp³-hybridized carbons (Fsp3) is 0.320. The number of aliphatic hydroxyl groups excluding tert-OH is 1. The topological polar surface area (TPSA) is 95.3 Å². The highest BCUT2D eigenvalue weighted by molar-refractivity contribution is 5.92. The van der Waals surface area contributed by atoms with E-state index in [4.69, 9.17) is 4.98 Å². The molecule has 0 bridgehead atoms. The first-order valence-corrected chi connectivity index (χ1v) is 10.8. The summed E-state index contributed by atoms with van der Waals surface area (Å²) in [5, 5.41) is 21.7. The van der Waals surface area contributed by atoms with E-state index < -0.39 is 0 Å². The number of hydrogen-bond acceptors (Lipinski definition) is 5. The molecule has 1 heterocycles. The van der Waals surface area contributed by atoms with Crippen LogP contribution < -0.4 is 5.32 Å². The molecule has 1 amide bonds. The van der Waals surface area contributed by atoms with E-state index >= 15 is 0 Å². The number of aliphatic hydroxyl groups is 1. The van der Waals surface area contributed by atoms with E-state index in [9.17, 15) is 15.0 Å². The highest BCUT2D eigenvalue weighted by Crippen LogP contribution is 2.35. The standard InChI is InChI=1S/C25H27N3O3/c29-16-18-6-10-19(11-7-18)22-15-26-25(24(27-22)20-4-2-1-3-5-20)28-23(31)14-17-8-12-21(30)13-9-17/h6-13,15,20,29-30H,1-5,14,16H2,(H,26,28,31). The number of carbonyl (C=O) groups excluding carboxylic acids is 1. The first kappa shape index (κ1) is 21.0. The summed E-state index contributed by atoms with van der Waals surface area (Å²) in [5.41, 5.74) is 4.22. The van der Waals surface area contributed by atoms with Crippen LogP contribution in [-0.2, 0) is 17.8 Å². The number of phenols is 1. The van der Waals surface area contributed by atoms with Gasteiger partial charge in [-0.25, -0.2) is 9.97 Å². The SMILES string of the molecule is O=C(Cc1ccc(O)cc1)Nc1ncc(-c2ccc(CO)cc2)nc1C1CCCCC1. The number of anilines is 1. The zero-order chi connectivity index (χ0) is 21.6. The van der Waals surface area contributed by atoms with Crippen molar-refractivity contribution in [1.82, 2.24) is 9.97 Å². The van der Waals surface area contributed by atoms with Crippen molar-refractivity contribution < 1.29 is 15.0 Å². The first-order chi connectivity index (χ1) is 15.1. The average molecular weight is 418 g/mol. The third-order valence-corrected chi connectivity index (χ3v) is 5.78. The fourth-order valence-corrected chi connectivity index (χ4v) is 4.06. The Kier molecular flexibility index (Phi) is 6.57. The molecule has 3 N–H and O–H groups in total. The average Bonchev–Trinajstić information content (AvgIpc) is 2.81. The Balaban J connectivity index is 1.59. The van der Waals surface area contributed by atoms with Crippen LogP contribution in [-0.4, -0.2) is 26.1 Å². The van der Waals surface area contributed by atoms with Crippen LogP contribution in [0.4, 0.5) is 5.82 Å². The van der Waals surface area contributed by atoms with Gasteiger partial charge in [0.15, 0.2) is 5.82 Å². The quantitative estimate of drug-likeness (QED) is 0.546. The van der Waals surface area contributed by atoms with Crippen LogP contribution >= 0.6 is 0 Å². The molecule has 3 aromatic rings. The molecule has 160 valence electrons. The third-order valence-electron chi connectivity index (χ3n) is 5.78. The van der Waals surface area contributed by atoms with Crippen LogP contribution in [0.2, 0.25) is 0 Å². The van der Waals surface area contributed by atoms with Crippen molar-refractivity contribution >= 4 is 11.7 Å². The number of rotatable bonds is 6. The Morgan fingerprint density at radius 1 is 0.968 bits per heavy atom. The van der Waals surface area contributed by atoms with E-state index in [0.717, 1.165) is 53.8 Å². The number of aromatic nitrogens is 2. The number of amides is 1. The second-order valence-electron chi connectivity index (χ2n) is 8.07. The van der Waals surface area contributed by atoms with Crippen molar-refractivity contribution in [2.45, 2.75) is 51.0 Å². The number of hydrogen-bond donors (Lipinski definition) is 3. The number of nitrogens with zero attached hydrogens (tertiary/aromatic N) is 2. The van der Waals surface area contributed by atoms with E-state index in [1.165, 1.54) is 6.42 Å². The predicted octanol–water partition coefficient (Wildman–Crippen LogP) is 4.57. The van der Waals surface area contributed by atoms with Gasteiger partial charge in [-0.3, -0.25) is 4.79 Å². The molecule has 1 aliphatic carbocycles. The van der Waals surface area contributed by atoms with E-state index in [1.54, 1.807) is 30.5 Å². The van der Waals surface area contributed by atoms with E-state index in [0.29, 0.717) is 5.82 Å². The number of aromatic hydroxyl groups is 1. The predicted molar refractivity (Wildman–Crippen MR) is 120 cm³/mol. The molecule has 0 atom stereocenters. The molecule has 1 aliphatic rings. The van der Waals surface area contributed by atoms with Gasteiger partial charge in [-0.1, -0.05) is 55.7 Å². The third kappa shape index (κ3) is 5.27. The Morgan fingerprint density at radius 2 is 1.65 bits per heavy atom. The summed E-state index contributed by atoms with van der Waals surface area (Å²) in [6, 6.07) is 14.3. The minimum absolute atomic E-state index is 0.00524. The molecule has 6 heteroatoms. The lowest BCUT2D eigenvalue weighted by atomic mass is 9.86. The molecule has 1 aromatic heterocycles. The van der Waals surface area contributed by atoms with Gasteiger partial charge >= 0.3 is 0 Å². The number of nitrogens with one attached hydrogen (secondary N) is 1. The minimum Gasteiger partial charge on any atom is -0.508 e. The van der Waals surface area contributed by atoms with Crippen molar-refractivity contribution in [3.8, 4) is 17.0 Å². The van der Waals surface area contributed by atoms with Crippen LogP contribution in [0.1, 0.15) is 54.8 Å². The highest BCUT2D eigenvalue weighted by Gasteiger charge is 2.23. The van der Waals surface area contributed by atoms with Gasteiger partial charge in [-0.05, 0) is 36.1 Å². The summed E-state index contributed by atoms with van der Waals surface area (Å²) < 4.78 is 0. The van der Waals surface area contributed by atoms with E-state index in [-0.39, 0.29) is 30.6 Å². The van der Waals surface area contributed by atoms with Gasteiger partial charge in [0.1, 0.15) is 5.75 Å². The summed E-state index contributed by atoms with van der Waals surface area (Å²) in [6.45, 7) is 0.00524. The molecule has 0 unspecified atom stereocenters. The molecule has 31 heavy (non-hydrogen) atoms. The second kappa shape index (κ2) is 9.71. The normalized spacial score (nSPS) is 14.4. The monoisotopic (exact) mass is 417 g/mol. The van der Waals surface area contributed by atoms with Gasteiger partial charge in [0.2, 0.25) is 5.91 Å². The molecule has 0 spiro atoms. The van der Waals surface area contributed by atoms with Crippen molar-refractivity contribution in [3.63, 3.8) is 0 Å². The molecule has 4 rings (SSSR count). The van der Waals surface area contributed by atoms with Gasteiger partial charge in [-0.2, -0.15) is 0 Å². The molecule has 0 saturated heterocycles. The number of phenolic OH excluding ortho intramolecular Hbond substituents is 1. The molecule has 1 fully saturated rings. The zero-order valence-electron chi connectivity index (χ0n) is 17.4. The highest BCUT2D eigenvalue weighted by atomic mass is 16.3. The fourth-order valence-electron chi connectivity index (χ4n) is 4.06. The largest absolute Gasteiger partial charge is 0.508 e. The molecule has 1 saturated carbocycles. The number of carbonyl (C=O) groups is 1. The van der Waals surface area contributed by atoms with Gasteiger partial charge in [-0.15, -0.1) is 0 Å². The summed E-state index contributed by atoms with van der Waals surface area (Å²) >= 11 is 0. The van der Waals surface area contributed by atoms with Crippen LogP contribution in [0.5, 0.6) is 5.75 Å².